The molecule has 34 heavy (non-hydrogen) atoms. The minimum atomic E-state index is -0.934. The number of allylic oxidation sites excluding steroid dienone is 9. The lowest BCUT2D eigenvalue weighted by Crippen LogP contribution is -2.51. The monoisotopic (exact) mass is 468 g/mol. The number of nitrogens with one attached hydrogen (secondary N) is 2. The van der Waals surface area contributed by atoms with Gasteiger partial charge in [-0.3, -0.25) is 9.59 Å². The first kappa shape index (κ1) is 27.8. The quantitative estimate of drug-likeness (QED) is 0.311. The van der Waals surface area contributed by atoms with Crippen molar-refractivity contribution in [3.63, 3.8) is 0 Å². The molecule has 188 valence electrons. The molecule has 2 rings (SSSR count). The number of carbonyl (C=O) groups excluding carboxylic acids is 2. The Morgan fingerprint density at radius 1 is 1.09 bits per heavy atom. The maximum Gasteiger partial charge on any atom is 0.245 e. The zero-order valence-corrected chi connectivity index (χ0v) is 21.7. The molecule has 1 atom stereocenters. The fraction of sp³-hybridized carbons (Fsp3) is 0.586. The van der Waals surface area contributed by atoms with E-state index >= 15 is 0 Å². The van der Waals surface area contributed by atoms with Crippen LogP contribution in [-0.4, -0.2) is 35.6 Å². The van der Waals surface area contributed by atoms with E-state index in [0.29, 0.717) is 0 Å². The molecule has 3 N–H and O–H groups in total. The first-order valence-electron chi connectivity index (χ1n) is 12.8. The molecule has 1 fully saturated rings. The summed E-state index contributed by atoms with van der Waals surface area (Å²) in [7, 11) is 0. The van der Waals surface area contributed by atoms with Gasteiger partial charge in [-0.15, -0.1) is 0 Å². The van der Waals surface area contributed by atoms with E-state index in [2.05, 4.69) is 50.5 Å². The molecule has 0 unspecified atom stereocenters. The number of carbonyl (C=O) groups is 2. The van der Waals surface area contributed by atoms with Crippen LogP contribution in [-0.2, 0) is 9.59 Å². The Kier molecular flexibility index (Phi) is 11.0. The van der Waals surface area contributed by atoms with E-state index in [0.717, 1.165) is 36.8 Å². The maximum absolute atomic E-state index is 12.4. The number of rotatable bonds is 9. The van der Waals surface area contributed by atoms with Crippen LogP contribution < -0.4 is 10.6 Å². The van der Waals surface area contributed by atoms with Crippen LogP contribution in [0.15, 0.2) is 58.7 Å². The van der Waals surface area contributed by atoms with Gasteiger partial charge in [-0.05, 0) is 69.4 Å². The molecule has 0 bridgehead atoms. The molecule has 0 aliphatic heterocycles. The van der Waals surface area contributed by atoms with Gasteiger partial charge in [0, 0.05) is 12.1 Å². The van der Waals surface area contributed by atoms with Crippen LogP contribution in [0.5, 0.6) is 0 Å². The van der Waals surface area contributed by atoms with Crippen LogP contribution in [0.1, 0.15) is 86.0 Å². The van der Waals surface area contributed by atoms with E-state index in [1.165, 1.54) is 42.9 Å². The number of amides is 2. The first-order chi connectivity index (χ1) is 16.1. The second-order valence-corrected chi connectivity index (χ2v) is 10.5. The summed E-state index contributed by atoms with van der Waals surface area (Å²) in [5.41, 5.74) is 5.04. The van der Waals surface area contributed by atoms with E-state index in [-0.39, 0.29) is 23.3 Å². The largest absolute Gasteiger partial charge is 0.394 e. The molecule has 0 saturated heterocycles. The van der Waals surface area contributed by atoms with Gasteiger partial charge in [0.25, 0.3) is 0 Å². The van der Waals surface area contributed by atoms with Gasteiger partial charge in [-0.2, -0.15) is 0 Å². The average molecular weight is 469 g/mol. The van der Waals surface area contributed by atoms with E-state index in [1.54, 1.807) is 0 Å². The summed E-state index contributed by atoms with van der Waals surface area (Å²) in [4.78, 5) is 24.8. The molecule has 2 aliphatic carbocycles. The third kappa shape index (κ3) is 9.09. The summed E-state index contributed by atoms with van der Waals surface area (Å²) in [5.74, 6) is -0.705. The Balaban J connectivity index is 1.89. The molecule has 0 radical (unpaired) electrons. The maximum atomic E-state index is 12.4. The van der Waals surface area contributed by atoms with E-state index in [1.807, 2.05) is 25.2 Å². The Bertz CT molecular complexity index is 868. The molecule has 0 aromatic carbocycles. The summed E-state index contributed by atoms with van der Waals surface area (Å²) in [5, 5.41) is 15.1. The smallest absolute Gasteiger partial charge is 0.245 e. The minimum Gasteiger partial charge on any atom is -0.394 e. The minimum absolute atomic E-state index is 0.140. The summed E-state index contributed by atoms with van der Waals surface area (Å²) in [6.45, 7) is 10.3. The van der Waals surface area contributed by atoms with Gasteiger partial charge in [-0.25, -0.2) is 0 Å². The fourth-order valence-electron chi connectivity index (χ4n) is 4.84. The van der Waals surface area contributed by atoms with Gasteiger partial charge in [0.15, 0.2) is 0 Å². The summed E-state index contributed by atoms with van der Waals surface area (Å²) in [6, 6.07) is -0.794. The topological polar surface area (TPSA) is 78.4 Å². The Labute approximate surface area is 206 Å². The lowest BCUT2D eigenvalue weighted by molar-refractivity contribution is -0.128. The lowest BCUT2D eigenvalue weighted by atomic mass is 9.72. The third-order valence-corrected chi connectivity index (χ3v) is 6.90. The van der Waals surface area contributed by atoms with Crippen LogP contribution in [0.4, 0.5) is 0 Å². The third-order valence-electron chi connectivity index (χ3n) is 6.90. The Morgan fingerprint density at radius 2 is 1.79 bits per heavy atom. The Morgan fingerprint density at radius 3 is 2.44 bits per heavy atom. The average Bonchev–Trinajstić information content (AvgIpc) is 2.77. The first-order valence-corrected chi connectivity index (χ1v) is 12.8. The zero-order chi connectivity index (χ0) is 25.1. The molecule has 5 nitrogen and oxygen atoms in total. The number of aliphatic hydroxyl groups excluding tert-OH is 1. The molecule has 0 aromatic heterocycles. The number of hydrogen-bond acceptors (Lipinski definition) is 3. The summed E-state index contributed by atoms with van der Waals surface area (Å²) in [6.07, 6.45) is 20.6. The van der Waals surface area contributed by atoms with Crippen LogP contribution in [0.3, 0.4) is 0 Å². The molecule has 0 spiro atoms. The van der Waals surface area contributed by atoms with Crippen molar-refractivity contribution in [1.29, 1.82) is 0 Å². The van der Waals surface area contributed by atoms with Gasteiger partial charge in [0.1, 0.15) is 6.04 Å². The normalized spacial score (nSPS) is 21.2. The van der Waals surface area contributed by atoms with Crippen molar-refractivity contribution in [3.05, 3.63) is 58.7 Å². The summed E-state index contributed by atoms with van der Waals surface area (Å²) < 4.78 is 0. The van der Waals surface area contributed by atoms with Crippen molar-refractivity contribution in [2.75, 3.05) is 6.61 Å². The fourth-order valence-corrected chi connectivity index (χ4v) is 4.84. The van der Waals surface area contributed by atoms with Crippen molar-refractivity contribution in [2.24, 2.45) is 5.41 Å². The van der Waals surface area contributed by atoms with Crippen LogP contribution in [0, 0.1) is 5.41 Å². The molecule has 2 aliphatic rings. The van der Waals surface area contributed by atoms with Crippen molar-refractivity contribution in [1.82, 2.24) is 10.6 Å². The van der Waals surface area contributed by atoms with Crippen molar-refractivity contribution < 1.29 is 14.7 Å². The van der Waals surface area contributed by atoms with Gasteiger partial charge in [-0.1, -0.05) is 74.6 Å². The van der Waals surface area contributed by atoms with Gasteiger partial charge in [0.2, 0.25) is 11.8 Å². The van der Waals surface area contributed by atoms with Crippen LogP contribution in [0.25, 0.3) is 0 Å². The van der Waals surface area contributed by atoms with Gasteiger partial charge >= 0.3 is 0 Å². The summed E-state index contributed by atoms with van der Waals surface area (Å²) >= 11 is 0. The number of aliphatic hydroxyl groups is 1. The zero-order valence-electron chi connectivity index (χ0n) is 21.7. The molecular weight excluding hydrogens is 424 g/mol. The van der Waals surface area contributed by atoms with Crippen molar-refractivity contribution >= 4 is 11.8 Å². The highest BCUT2D eigenvalue weighted by molar-refractivity contribution is 5.93. The molecule has 2 amide bonds. The van der Waals surface area contributed by atoms with Crippen LogP contribution in [0.2, 0.25) is 0 Å². The predicted molar refractivity (Wildman–Crippen MR) is 140 cm³/mol. The highest BCUT2D eigenvalue weighted by atomic mass is 16.3. The highest BCUT2D eigenvalue weighted by Gasteiger charge is 2.26. The van der Waals surface area contributed by atoms with Crippen molar-refractivity contribution in [2.45, 2.75) is 98.1 Å². The molecule has 0 heterocycles. The standard InChI is InChI=1S/C29H44N2O3/c1-21(16-17-25-23(3)13-10-18-29(25,4)5)11-9-12-22(2)19-27(33)31-26(20-32)28(34)30-24-14-7-6-8-15-24/h9,11-12,16-17,19,24,26,32H,6-8,10,13-15,18,20H2,1-5H3,(H,30,34)(H,31,33)/t26-/m0/s1. The highest BCUT2D eigenvalue weighted by Crippen LogP contribution is 2.40. The second kappa shape index (κ2) is 13.5. The second-order valence-electron chi connectivity index (χ2n) is 10.5. The molecule has 1 saturated carbocycles. The van der Waals surface area contributed by atoms with E-state index in [9.17, 15) is 14.7 Å². The predicted octanol–water partition coefficient (Wildman–Crippen LogP) is 5.44. The molecule has 5 heteroatoms. The molecular formula is C29H44N2O3. The van der Waals surface area contributed by atoms with Gasteiger partial charge < -0.3 is 15.7 Å². The lowest BCUT2D eigenvalue weighted by Gasteiger charge is -2.32. The SMILES string of the molecule is CC(C=CC1=C(C)CCCC1(C)C)=CC=CC(C)=CC(=O)N[C@@H](CO)C(=O)NC1CCCCC1. The van der Waals surface area contributed by atoms with E-state index < -0.39 is 12.6 Å². The van der Waals surface area contributed by atoms with Gasteiger partial charge in [0.05, 0.1) is 6.61 Å². The van der Waals surface area contributed by atoms with Crippen molar-refractivity contribution in [3.8, 4) is 0 Å². The molecule has 0 aromatic rings. The Hall–Kier alpha value is -2.40. The van der Waals surface area contributed by atoms with Crippen LogP contribution >= 0.6 is 0 Å². The number of hydrogen-bond donors (Lipinski definition) is 3. The van der Waals surface area contributed by atoms with E-state index in [4.69, 9.17) is 0 Å².